The van der Waals surface area contributed by atoms with E-state index in [-0.39, 0.29) is 12.8 Å². The molecule has 13 nitrogen and oxygen atoms in total. The zero-order valence-electron chi connectivity index (χ0n) is 19.9. The van der Waals surface area contributed by atoms with Crippen LogP contribution in [-0.4, -0.2) is 85.4 Å². The average Bonchev–Trinajstić information content (AvgIpc) is 3.33. The number of hydrogen-bond acceptors (Lipinski definition) is 8. The molecule has 0 radical (unpaired) electrons. The maximum Gasteiger partial charge on any atom is 0.328 e. The normalized spacial score (nSPS) is 16.0. The summed E-state index contributed by atoms with van der Waals surface area (Å²) in [7, 11) is 0. The van der Waals surface area contributed by atoms with Gasteiger partial charge in [-0.2, -0.15) is 0 Å². The molecule has 2 rings (SSSR count). The van der Waals surface area contributed by atoms with Gasteiger partial charge in [0.25, 0.3) is 0 Å². The number of nitrogens with zero attached hydrogens (tertiary/aromatic N) is 1. The fraction of sp³-hybridized carbons (Fsp3) is 0.435. The van der Waals surface area contributed by atoms with Crippen molar-refractivity contribution in [3.8, 4) is 0 Å². The highest BCUT2D eigenvalue weighted by Crippen LogP contribution is 2.06. The van der Waals surface area contributed by atoms with Crippen LogP contribution in [-0.2, 0) is 32.0 Å². The molecule has 1 heterocycles. The molecule has 9 N–H and O–H groups in total. The molecule has 1 aromatic heterocycles. The van der Waals surface area contributed by atoms with Crippen molar-refractivity contribution in [2.45, 2.75) is 63.1 Å². The molecular weight excluding hydrogens is 472 g/mol. The van der Waals surface area contributed by atoms with Crippen molar-refractivity contribution >= 4 is 23.7 Å². The first-order valence-corrected chi connectivity index (χ1v) is 11.3. The van der Waals surface area contributed by atoms with Crippen LogP contribution in [0.1, 0.15) is 25.1 Å². The third-order valence-electron chi connectivity index (χ3n) is 5.36. The molecule has 2 aromatic rings. The van der Waals surface area contributed by atoms with Crippen LogP contribution >= 0.6 is 0 Å². The van der Waals surface area contributed by atoms with Crippen LogP contribution in [0, 0.1) is 0 Å². The van der Waals surface area contributed by atoms with Crippen LogP contribution in [0.5, 0.6) is 0 Å². The number of benzene rings is 1. The van der Waals surface area contributed by atoms with Crippen molar-refractivity contribution in [3.63, 3.8) is 0 Å². The van der Waals surface area contributed by atoms with Crippen LogP contribution in [0.4, 0.5) is 0 Å². The Kier molecular flexibility index (Phi) is 10.5. The Morgan fingerprint density at radius 2 is 1.53 bits per heavy atom. The van der Waals surface area contributed by atoms with Gasteiger partial charge in [0.05, 0.1) is 24.6 Å². The number of carboxylic acid groups (broad SMARTS) is 1. The topological polar surface area (TPSA) is 220 Å². The molecule has 0 fully saturated rings. The second kappa shape index (κ2) is 13.3. The van der Waals surface area contributed by atoms with E-state index in [1.807, 2.05) is 30.3 Å². The van der Waals surface area contributed by atoms with Crippen molar-refractivity contribution in [2.24, 2.45) is 5.73 Å². The predicted molar refractivity (Wildman–Crippen MR) is 127 cm³/mol. The summed E-state index contributed by atoms with van der Waals surface area (Å²) in [6, 6.07) is 3.66. The zero-order chi connectivity index (χ0) is 26.8. The number of aliphatic hydroxyl groups is 2. The van der Waals surface area contributed by atoms with Gasteiger partial charge in [-0.3, -0.25) is 14.4 Å². The number of aliphatic hydroxyl groups excluding tert-OH is 2. The predicted octanol–water partition coefficient (Wildman–Crippen LogP) is -2.18. The maximum absolute atomic E-state index is 13.1. The SMILES string of the molecule is CC(O)C(NC(=O)C(NC(=O)C(Cc1cnc[nH]1)NC(=O)C(N)Cc1ccccc1)C(C)O)C(=O)O. The summed E-state index contributed by atoms with van der Waals surface area (Å²) < 4.78 is 0. The molecule has 0 bridgehead atoms. The molecule has 13 heteroatoms. The second-order valence-electron chi connectivity index (χ2n) is 8.43. The first kappa shape index (κ1) is 28.4. The van der Waals surface area contributed by atoms with Crippen LogP contribution in [0.15, 0.2) is 42.9 Å². The second-order valence-corrected chi connectivity index (χ2v) is 8.43. The molecule has 0 aliphatic heterocycles. The Balaban J connectivity index is 2.15. The van der Waals surface area contributed by atoms with E-state index in [9.17, 15) is 34.5 Å². The van der Waals surface area contributed by atoms with Crippen molar-refractivity contribution in [3.05, 3.63) is 54.1 Å². The largest absolute Gasteiger partial charge is 0.480 e. The summed E-state index contributed by atoms with van der Waals surface area (Å²) in [5.74, 6) is -3.96. The number of nitrogens with two attached hydrogens (primary N) is 1. The lowest BCUT2D eigenvalue weighted by Gasteiger charge is -2.27. The number of aromatic amines is 1. The van der Waals surface area contributed by atoms with E-state index >= 15 is 0 Å². The Morgan fingerprint density at radius 3 is 2.06 bits per heavy atom. The van der Waals surface area contributed by atoms with Crippen LogP contribution in [0.3, 0.4) is 0 Å². The molecule has 0 aliphatic rings. The molecule has 196 valence electrons. The minimum Gasteiger partial charge on any atom is -0.480 e. The van der Waals surface area contributed by atoms with Gasteiger partial charge >= 0.3 is 5.97 Å². The monoisotopic (exact) mass is 504 g/mol. The maximum atomic E-state index is 13.1. The van der Waals surface area contributed by atoms with Crippen LogP contribution in [0.2, 0.25) is 0 Å². The zero-order valence-corrected chi connectivity index (χ0v) is 19.9. The average molecular weight is 505 g/mol. The molecule has 0 aliphatic carbocycles. The lowest BCUT2D eigenvalue weighted by molar-refractivity contribution is -0.146. The summed E-state index contributed by atoms with van der Waals surface area (Å²) in [4.78, 5) is 56.5. The van der Waals surface area contributed by atoms with Crippen molar-refractivity contribution < 1.29 is 34.5 Å². The highest BCUT2D eigenvalue weighted by molar-refractivity contribution is 5.94. The molecule has 0 spiro atoms. The standard InChI is InChI=1S/C23H32N6O7/c1-12(30)18(22(34)29-19(13(2)31)23(35)36)28-21(33)17(9-15-10-25-11-26-15)27-20(32)16(24)8-14-6-4-3-5-7-14/h3-7,10-13,16-19,30-31H,8-9,24H2,1-2H3,(H,25,26)(H,27,32)(H,28,33)(H,29,34)(H,35,36). The summed E-state index contributed by atoms with van der Waals surface area (Å²) in [5.41, 5.74) is 7.36. The van der Waals surface area contributed by atoms with Gasteiger partial charge in [-0.25, -0.2) is 9.78 Å². The van der Waals surface area contributed by atoms with E-state index in [1.54, 1.807) is 0 Å². The third kappa shape index (κ3) is 8.45. The van der Waals surface area contributed by atoms with E-state index in [4.69, 9.17) is 5.73 Å². The minimum absolute atomic E-state index is 0.0325. The number of carbonyl (C=O) groups excluding carboxylic acids is 3. The fourth-order valence-electron chi connectivity index (χ4n) is 3.36. The molecule has 0 saturated heterocycles. The number of imidazole rings is 1. The molecule has 0 saturated carbocycles. The molecule has 6 atom stereocenters. The van der Waals surface area contributed by atoms with Crippen molar-refractivity contribution in [1.82, 2.24) is 25.9 Å². The quantitative estimate of drug-likeness (QED) is 0.148. The Bertz CT molecular complexity index is 1010. The van der Waals surface area contributed by atoms with E-state index < -0.39 is 60.1 Å². The molecule has 1 aromatic carbocycles. The number of hydrogen-bond donors (Lipinski definition) is 8. The number of rotatable bonds is 13. The number of aliphatic carboxylic acids is 1. The van der Waals surface area contributed by atoms with Crippen LogP contribution < -0.4 is 21.7 Å². The van der Waals surface area contributed by atoms with Gasteiger partial charge in [-0.05, 0) is 25.8 Å². The van der Waals surface area contributed by atoms with Gasteiger partial charge in [0.1, 0.15) is 12.1 Å². The van der Waals surface area contributed by atoms with Gasteiger partial charge < -0.3 is 42.0 Å². The fourth-order valence-corrected chi connectivity index (χ4v) is 3.36. The highest BCUT2D eigenvalue weighted by Gasteiger charge is 2.34. The Hall–Kier alpha value is -3.81. The van der Waals surface area contributed by atoms with E-state index in [1.165, 1.54) is 26.4 Å². The van der Waals surface area contributed by atoms with Gasteiger partial charge in [-0.1, -0.05) is 30.3 Å². The van der Waals surface area contributed by atoms with Crippen LogP contribution in [0.25, 0.3) is 0 Å². The Morgan fingerprint density at radius 1 is 0.917 bits per heavy atom. The summed E-state index contributed by atoms with van der Waals surface area (Å²) in [5, 5.41) is 35.9. The molecule has 3 amide bonds. The number of amides is 3. The summed E-state index contributed by atoms with van der Waals surface area (Å²) >= 11 is 0. The number of nitrogens with one attached hydrogen (secondary N) is 4. The summed E-state index contributed by atoms with van der Waals surface area (Å²) in [6.45, 7) is 2.39. The number of carboxylic acids is 1. The smallest absolute Gasteiger partial charge is 0.328 e. The highest BCUT2D eigenvalue weighted by atomic mass is 16.4. The number of H-pyrrole nitrogens is 1. The number of carbonyl (C=O) groups is 4. The lowest BCUT2D eigenvalue weighted by atomic mass is 10.0. The van der Waals surface area contributed by atoms with Gasteiger partial charge in [0.15, 0.2) is 6.04 Å². The van der Waals surface area contributed by atoms with Crippen molar-refractivity contribution in [1.29, 1.82) is 0 Å². The number of aromatic nitrogens is 2. The van der Waals surface area contributed by atoms with Gasteiger partial charge in [0, 0.05) is 18.3 Å². The molecule has 6 unspecified atom stereocenters. The Labute approximate surface area is 207 Å². The molecular formula is C23H32N6O7. The van der Waals surface area contributed by atoms with Gasteiger partial charge in [-0.15, -0.1) is 0 Å². The van der Waals surface area contributed by atoms with E-state index in [0.29, 0.717) is 5.69 Å². The molecule has 36 heavy (non-hydrogen) atoms. The third-order valence-corrected chi connectivity index (χ3v) is 5.36. The van der Waals surface area contributed by atoms with Crippen molar-refractivity contribution in [2.75, 3.05) is 0 Å². The van der Waals surface area contributed by atoms with E-state index in [2.05, 4.69) is 25.9 Å². The lowest BCUT2D eigenvalue weighted by Crippen LogP contribution is -2.61. The summed E-state index contributed by atoms with van der Waals surface area (Å²) in [6.07, 6.45) is 0.169. The first-order chi connectivity index (χ1) is 17.0. The van der Waals surface area contributed by atoms with Gasteiger partial charge in [0.2, 0.25) is 17.7 Å². The first-order valence-electron chi connectivity index (χ1n) is 11.3. The van der Waals surface area contributed by atoms with E-state index in [0.717, 1.165) is 5.56 Å². The minimum atomic E-state index is -1.66.